The highest BCUT2D eigenvalue weighted by atomic mass is 19.1. The number of aliphatic imine (C=N–C) groups is 1. The number of hydrogen-bond acceptors (Lipinski definition) is 6. The van der Waals surface area contributed by atoms with Crippen LogP contribution in [-0.2, 0) is 25.7 Å². The van der Waals surface area contributed by atoms with E-state index in [4.69, 9.17) is 16.2 Å². The maximum absolute atomic E-state index is 13.4. The van der Waals surface area contributed by atoms with Crippen molar-refractivity contribution in [2.24, 2.45) is 22.4 Å². The van der Waals surface area contributed by atoms with Gasteiger partial charge in [0, 0.05) is 13.1 Å². The average Bonchev–Trinajstić information content (AvgIpc) is 3.37. The van der Waals surface area contributed by atoms with Gasteiger partial charge in [-0.05, 0) is 37.2 Å². The highest BCUT2D eigenvalue weighted by Gasteiger charge is 2.39. The molecule has 1 aliphatic heterocycles. The van der Waals surface area contributed by atoms with Crippen LogP contribution in [0.15, 0.2) is 35.3 Å². The molecule has 12 heteroatoms. The molecule has 6 N–H and O–H groups in total. The molecule has 1 aliphatic rings. The summed E-state index contributed by atoms with van der Waals surface area (Å²) in [5.41, 5.74) is 11.4. The first kappa shape index (κ1) is 29.5. The summed E-state index contributed by atoms with van der Waals surface area (Å²) in [4.78, 5) is 56.1. The van der Waals surface area contributed by atoms with Crippen LogP contribution in [0.3, 0.4) is 0 Å². The summed E-state index contributed by atoms with van der Waals surface area (Å²) in [5, 5.41) is 5.20. The van der Waals surface area contributed by atoms with Crippen LogP contribution in [0.2, 0.25) is 0 Å². The van der Waals surface area contributed by atoms with Gasteiger partial charge in [0.1, 0.15) is 25.4 Å². The van der Waals surface area contributed by atoms with E-state index in [2.05, 4.69) is 15.6 Å². The molecule has 0 radical (unpaired) electrons. The second kappa shape index (κ2) is 14.8. The van der Waals surface area contributed by atoms with Crippen molar-refractivity contribution in [1.29, 1.82) is 0 Å². The minimum Gasteiger partial charge on any atom is -0.445 e. The van der Waals surface area contributed by atoms with Gasteiger partial charge in [-0.15, -0.1) is 0 Å². The summed E-state index contributed by atoms with van der Waals surface area (Å²) in [6, 6.07) is 6.30. The molecule has 0 spiro atoms. The normalized spacial score (nSPS) is 16.5. The molecular formula is C25H37FN6O5. The van der Waals surface area contributed by atoms with E-state index in [1.165, 1.54) is 4.90 Å². The number of guanidine groups is 1. The summed E-state index contributed by atoms with van der Waals surface area (Å²) >= 11 is 0. The Balaban J connectivity index is 2.01. The molecule has 1 heterocycles. The fraction of sp³-hybridized carbons (Fsp3) is 0.560. The number of carbonyl (C=O) groups is 4. The van der Waals surface area contributed by atoms with Crippen LogP contribution >= 0.6 is 0 Å². The third-order valence-electron chi connectivity index (χ3n) is 6.04. The first-order valence-corrected chi connectivity index (χ1v) is 12.4. The standard InChI is InChI=1S/C25H37FN6O5/c1-16(2)21(31-25(36)37-15-17-8-4-3-5-9-17)23(35)32-13-7-11-19(32)22(34)30-18(20(33)14-26)10-6-12-29-24(27)28/h3-5,8-9,16,18-19,21H,6-7,10-15H2,1-2H3,(H,30,34)(H,31,36)(H4,27,28,29). The fourth-order valence-electron chi connectivity index (χ4n) is 4.07. The van der Waals surface area contributed by atoms with Gasteiger partial charge in [0.25, 0.3) is 0 Å². The predicted octanol–water partition coefficient (Wildman–Crippen LogP) is 1.01. The number of benzene rings is 1. The Bertz CT molecular complexity index is 954. The number of nitrogens with two attached hydrogens (primary N) is 2. The van der Waals surface area contributed by atoms with Gasteiger partial charge in [0.15, 0.2) is 11.7 Å². The largest absolute Gasteiger partial charge is 0.445 e. The maximum atomic E-state index is 13.4. The van der Waals surface area contributed by atoms with Crippen LogP contribution in [0.25, 0.3) is 0 Å². The molecule has 11 nitrogen and oxygen atoms in total. The predicted molar refractivity (Wildman–Crippen MR) is 136 cm³/mol. The maximum Gasteiger partial charge on any atom is 0.408 e. The Morgan fingerprint density at radius 3 is 2.49 bits per heavy atom. The van der Waals surface area contributed by atoms with Gasteiger partial charge >= 0.3 is 6.09 Å². The molecule has 0 bridgehead atoms. The van der Waals surface area contributed by atoms with Crippen molar-refractivity contribution in [2.75, 3.05) is 19.8 Å². The van der Waals surface area contributed by atoms with E-state index >= 15 is 0 Å². The number of alkyl carbamates (subject to hydrolysis) is 1. The van der Waals surface area contributed by atoms with Crippen LogP contribution in [0.4, 0.5) is 9.18 Å². The number of alkyl halides is 1. The minimum atomic E-state index is -1.23. The molecule has 1 saturated heterocycles. The zero-order valence-corrected chi connectivity index (χ0v) is 21.3. The number of carbonyl (C=O) groups excluding carboxylic acids is 4. The van der Waals surface area contributed by atoms with E-state index in [-0.39, 0.29) is 31.4 Å². The molecule has 0 saturated carbocycles. The number of rotatable bonds is 13. The lowest BCUT2D eigenvalue weighted by Gasteiger charge is -2.31. The number of nitrogens with one attached hydrogen (secondary N) is 2. The average molecular weight is 521 g/mol. The van der Waals surface area contributed by atoms with E-state index in [0.717, 1.165) is 5.56 Å². The van der Waals surface area contributed by atoms with Crippen molar-refractivity contribution < 1.29 is 28.3 Å². The van der Waals surface area contributed by atoms with E-state index in [1.807, 2.05) is 30.3 Å². The van der Waals surface area contributed by atoms with E-state index in [9.17, 15) is 23.6 Å². The van der Waals surface area contributed by atoms with Crippen LogP contribution < -0.4 is 22.1 Å². The van der Waals surface area contributed by atoms with Crippen molar-refractivity contribution in [3.05, 3.63) is 35.9 Å². The molecule has 1 aromatic rings. The third-order valence-corrected chi connectivity index (χ3v) is 6.04. The van der Waals surface area contributed by atoms with Crippen LogP contribution in [0.5, 0.6) is 0 Å². The number of Topliss-reactive ketones (excluding diaryl/α,β-unsaturated/α-hetero) is 1. The molecule has 0 aromatic heterocycles. The molecular weight excluding hydrogens is 483 g/mol. The van der Waals surface area contributed by atoms with Gasteiger partial charge in [-0.2, -0.15) is 0 Å². The van der Waals surface area contributed by atoms with Crippen molar-refractivity contribution in [3.8, 4) is 0 Å². The highest BCUT2D eigenvalue weighted by Crippen LogP contribution is 2.21. The van der Waals surface area contributed by atoms with Crippen LogP contribution in [0, 0.1) is 5.92 Å². The number of likely N-dealkylation sites (tertiary alicyclic amines) is 1. The molecule has 0 aliphatic carbocycles. The molecule has 37 heavy (non-hydrogen) atoms. The molecule has 3 unspecified atom stereocenters. The van der Waals surface area contributed by atoms with Crippen molar-refractivity contribution in [3.63, 3.8) is 0 Å². The Kier molecular flexibility index (Phi) is 11.8. The monoisotopic (exact) mass is 520 g/mol. The first-order valence-electron chi connectivity index (χ1n) is 12.4. The summed E-state index contributed by atoms with van der Waals surface area (Å²) < 4.78 is 18.4. The van der Waals surface area contributed by atoms with Gasteiger partial charge in [0.2, 0.25) is 11.8 Å². The van der Waals surface area contributed by atoms with Gasteiger partial charge in [0.05, 0.1) is 6.04 Å². The van der Waals surface area contributed by atoms with Gasteiger partial charge in [-0.3, -0.25) is 19.4 Å². The zero-order valence-electron chi connectivity index (χ0n) is 21.3. The number of amides is 3. The zero-order chi connectivity index (χ0) is 27.4. The van der Waals surface area contributed by atoms with Crippen molar-refractivity contribution in [1.82, 2.24) is 15.5 Å². The van der Waals surface area contributed by atoms with Crippen molar-refractivity contribution in [2.45, 2.75) is 64.3 Å². The van der Waals surface area contributed by atoms with E-state index in [0.29, 0.717) is 25.8 Å². The first-order chi connectivity index (χ1) is 17.6. The molecule has 1 fully saturated rings. The number of hydrogen-bond donors (Lipinski definition) is 4. The van der Waals surface area contributed by atoms with E-state index < -0.39 is 48.5 Å². The minimum absolute atomic E-state index is 0.0492. The molecule has 204 valence electrons. The molecule has 3 amide bonds. The topological polar surface area (TPSA) is 169 Å². The van der Waals surface area contributed by atoms with Gasteiger partial charge < -0.3 is 31.7 Å². The molecule has 1 aromatic carbocycles. The Morgan fingerprint density at radius 1 is 1.16 bits per heavy atom. The molecule has 3 atom stereocenters. The Hall–Kier alpha value is -3.70. The van der Waals surface area contributed by atoms with Crippen LogP contribution in [0.1, 0.15) is 45.1 Å². The number of ketones is 1. The lowest BCUT2D eigenvalue weighted by molar-refractivity contribution is -0.141. The molecule has 2 rings (SSSR count). The summed E-state index contributed by atoms with van der Waals surface area (Å²) in [6.45, 7) is 2.91. The second-order valence-electron chi connectivity index (χ2n) is 9.23. The number of halogens is 1. The summed E-state index contributed by atoms with van der Waals surface area (Å²) in [7, 11) is 0. The second-order valence-corrected chi connectivity index (χ2v) is 9.23. The fourth-order valence-corrected chi connectivity index (χ4v) is 4.07. The lowest BCUT2D eigenvalue weighted by atomic mass is 10.0. The smallest absolute Gasteiger partial charge is 0.408 e. The van der Waals surface area contributed by atoms with Gasteiger partial charge in [-0.1, -0.05) is 44.2 Å². The lowest BCUT2D eigenvalue weighted by Crippen LogP contribution is -2.56. The SMILES string of the molecule is CC(C)C(NC(=O)OCc1ccccc1)C(=O)N1CCCC1C(=O)NC(CCCN=C(N)N)C(=O)CF. The number of ether oxygens (including phenoxy) is 1. The highest BCUT2D eigenvalue weighted by molar-refractivity contribution is 5.95. The summed E-state index contributed by atoms with van der Waals surface area (Å²) in [5.74, 6) is -2.12. The Labute approximate surface area is 216 Å². The third kappa shape index (κ3) is 9.36. The number of nitrogens with zero attached hydrogens (tertiary/aromatic N) is 2. The van der Waals surface area contributed by atoms with Crippen molar-refractivity contribution >= 4 is 29.7 Å². The quantitative estimate of drug-likeness (QED) is 0.171. The van der Waals surface area contributed by atoms with E-state index in [1.54, 1.807) is 13.8 Å². The summed E-state index contributed by atoms with van der Waals surface area (Å²) in [6.07, 6.45) is 0.706. The van der Waals surface area contributed by atoms with Gasteiger partial charge in [-0.25, -0.2) is 9.18 Å². The Morgan fingerprint density at radius 2 is 1.86 bits per heavy atom. The van der Waals surface area contributed by atoms with Crippen LogP contribution in [-0.4, -0.2) is 72.4 Å².